The predicted octanol–water partition coefficient (Wildman–Crippen LogP) is 3.38. The smallest absolute Gasteiger partial charge is 0.185 e. The summed E-state index contributed by atoms with van der Waals surface area (Å²) in [6.45, 7) is 4.15. The minimum absolute atomic E-state index is 0.907. The average Bonchev–Trinajstić information content (AvgIpc) is 3.27. The molecule has 0 bridgehead atoms. The van der Waals surface area contributed by atoms with E-state index >= 15 is 0 Å². The second kappa shape index (κ2) is 6.51. The molecule has 0 unspecified atom stereocenters. The molecule has 3 heterocycles. The highest BCUT2D eigenvalue weighted by molar-refractivity contribution is 7.15. The molecule has 0 atom stereocenters. The van der Waals surface area contributed by atoms with Gasteiger partial charge in [0, 0.05) is 37.3 Å². The minimum atomic E-state index is 0.907. The highest BCUT2D eigenvalue weighted by atomic mass is 32.1. The predicted molar refractivity (Wildman–Crippen MR) is 96.1 cm³/mol. The van der Waals surface area contributed by atoms with E-state index in [-0.39, 0.29) is 0 Å². The summed E-state index contributed by atoms with van der Waals surface area (Å²) < 4.78 is 8.57. The van der Waals surface area contributed by atoms with Gasteiger partial charge in [-0.25, -0.2) is 4.98 Å². The lowest BCUT2D eigenvalue weighted by atomic mass is 10.2. The van der Waals surface area contributed by atoms with Gasteiger partial charge in [-0.05, 0) is 37.6 Å². The quantitative estimate of drug-likeness (QED) is 0.709. The summed E-state index contributed by atoms with van der Waals surface area (Å²) in [6, 6.07) is 6.33. The molecule has 0 aliphatic carbocycles. The van der Waals surface area contributed by atoms with Gasteiger partial charge < -0.3 is 4.90 Å². The number of rotatable bonds is 5. The first-order chi connectivity index (χ1) is 11.3. The molecule has 1 fully saturated rings. The van der Waals surface area contributed by atoms with E-state index in [1.54, 1.807) is 0 Å². The van der Waals surface area contributed by atoms with Gasteiger partial charge in [0.25, 0.3) is 0 Å². The normalized spacial score (nSPS) is 15.1. The first-order valence-electron chi connectivity index (χ1n) is 7.87. The zero-order valence-electron chi connectivity index (χ0n) is 13.1. The largest absolute Gasteiger partial charge is 0.348 e. The van der Waals surface area contributed by atoms with E-state index in [4.69, 9.17) is 0 Å². The van der Waals surface area contributed by atoms with E-state index in [1.165, 1.54) is 40.1 Å². The van der Waals surface area contributed by atoms with E-state index < -0.39 is 0 Å². The van der Waals surface area contributed by atoms with E-state index in [1.807, 2.05) is 17.5 Å². The maximum atomic E-state index is 4.59. The van der Waals surface area contributed by atoms with Crippen molar-refractivity contribution in [2.45, 2.75) is 25.9 Å². The van der Waals surface area contributed by atoms with Crippen molar-refractivity contribution in [3.63, 3.8) is 0 Å². The summed E-state index contributed by atoms with van der Waals surface area (Å²) in [6.07, 6.45) is 4.62. The standard InChI is InChI=1S/C16H19N5S2/c1-20(10-12-4-5-14-15(8-12)19-23-18-14)11-13-9-17-16(22-13)21-6-2-3-7-21/h4-5,8-9H,2-3,6-7,10-11H2,1H3. The average molecular weight is 345 g/mol. The summed E-state index contributed by atoms with van der Waals surface area (Å²) >= 11 is 3.10. The van der Waals surface area contributed by atoms with Crippen molar-refractivity contribution in [1.29, 1.82) is 0 Å². The van der Waals surface area contributed by atoms with Crippen molar-refractivity contribution in [2.75, 3.05) is 25.0 Å². The van der Waals surface area contributed by atoms with Gasteiger partial charge in [0.15, 0.2) is 5.13 Å². The van der Waals surface area contributed by atoms with Gasteiger partial charge in [-0.15, -0.1) is 11.3 Å². The lowest BCUT2D eigenvalue weighted by Gasteiger charge is -2.15. The topological polar surface area (TPSA) is 45.2 Å². The van der Waals surface area contributed by atoms with Gasteiger partial charge in [0.1, 0.15) is 11.0 Å². The summed E-state index contributed by atoms with van der Waals surface area (Å²) in [5, 5.41) is 1.18. The van der Waals surface area contributed by atoms with Crippen LogP contribution >= 0.6 is 23.1 Å². The summed E-state index contributed by atoms with van der Waals surface area (Å²) in [4.78, 5) is 10.6. The third-order valence-corrected chi connectivity index (χ3v) is 5.71. The van der Waals surface area contributed by atoms with E-state index in [2.05, 4.69) is 48.8 Å². The van der Waals surface area contributed by atoms with Crippen LogP contribution in [0.3, 0.4) is 0 Å². The SMILES string of the molecule is CN(Cc1ccc2nsnc2c1)Cc1cnc(N2CCCC2)s1. The number of aromatic nitrogens is 3. The molecule has 0 radical (unpaired) electrons. The van der Waals surface area contributed by atoms with Crippen LogP contribution in [0.2, 0.25) is 0 Å². The van der Waals surface area contributed by atoms with Crippen LogP contribution in [0.5, 0.6) is 0 Å². The molecule has 2 aromatic heterocycles. The van der Waals surface area contributed by atoms with Gasteiger partial charge in [-0.2, -0.15) is 8.75 Å². The van der Waals surface area contributed by atoms with Crippen molar-refractivity contribution in [2.24, 2.45) is 0 Å². The Kier molecular flexibility index (Phi) is 4.24. The molecule has 3 aromatic rings. The summed E-state index contributed by atoms with van der Waals surface area (Å²) in [5.41, 5.74) is 3.26. The second-order valence-electron chi connectivity index (χ2n) is 6.06. The number of hydrogen-bond acceptors (Lipinski definition) is 7. The van der Waals surface area contributed by atoms with Crippen molar-refractivity contribution >= 4 is 39.2 Å². The Bertz CT molecular complexity index is 790. The Morgan fingerprint density at radius 3 is 2.83 bits per heavy atom. The van der Waals surface area contributed by atoms with E-state index in [0.29, 0.717) is 0 Å². The van der Waals surface area contributed by atoms with Crippen molar-refractivity contribution < 1.29 is 0 Å². The zero-order chi connectivity index (χ0) is 15.6. The molecular weight excluding hydrogens is 326 g/mol. The molecule has 0 amide bonds. The van der Waals surface area contributed by atoms with Crippen LogP contribution in [0.1, 0.15) is 23.3 Å². The molecule has 1 saturated heterocycles. The Morgan fingerprint density at radius 2 is 1.96 bits per heavy atom. The lowest BCUT2D eigenvalue weighted by molar-refractivity contribution is 0.322. The Morgan fingerprint density at radius 1 is 1.13 bits per heavy atom. The van der Waals surface area contributed by atoms with Crippen LogP contribution in [-0.4, -0.2) is 38.8 Å². The van der Waals surface area contributed by atoms with Crippen LogP contribution in [-0.2, 0) is 13.1 Å². The molecule has 1 aliphatic heterocycles. The molecule has 4 rings (SSSR count). The molecule has 120 valence electrons. The maximum absolute atomic E-state index is 4.59. The van der Waals surface area contributed by atoms with Crippen molar-refractivity contribution in [1.82, 2.24) is 18.6 Å². The second-order valence-corrected chi connectivity index (χ2v) is 7.68. The lowest BCUT2D eigenvalue weighted by Crippen LogP contribution is -2.17. The molecule has 7 heteroatoms. The van der Waals surface area contributed by atoms with E-state index in [9.17, 15) is 0 Å². The van der Waals surface area contributed by atoms with E-state index in [0.717, 1.165) is 37.2 Å². The number of fused-ring (bicyclic) bond motifs is 1. The molecule has 0 N–H and O–H groups in total. The fraction of sp³-hybridized carbons (Fsp3) is 0.438. The monoisotopic (exact) mass is 345 g/mol. The minimum Gasteiger partial charge on any atom is -0.348 e. The third-order valence-electron chi connectivity index (χ3n) is 4.11. The van der Waals surface area contributed by atoms with Crippen LogP contribution in [0.25, 0.3) is 11.0 Å². The first-order valence-corrected chi connectivity index (χ1v) is 9.42. The fourth-order valence-electron chi connectivity index (χ4n) is 2.98. The molecule has 0 spiro atoms. The van der Waals surface area contributed by atoms with Gasteiger partial charge >= 0.3 is 0 Å². The first kappa shape index (κ1) is 15.0. The highest BCUT2D eigenvalue weighted by Gasteiger charge is 2.16. The van der Waals surface area contributed by atoms with Crippen LogP contribution in [0.4, 0.5) is 5.13 Å². The molecule has 1 aromatic carbocycles. The van der Waals surface area contributed by atoms with Crippen molar-refractivity contribution in [3.05, 3.63) is 34.8 Å². The fourth-order valence-corrected chi connectivity index (χ4v) is 4.54. The third kappa shape index (κ3) is 3.36. The number of nitrogens with zero attached hydrogens (tertiary/aromatic N) is 5. The van der Waals surface area contributed by atoms with Crippen LogP contribution in [0.15, 0.2) is 24.4 Å². The highest BCUT2D eigenvalue weighted by Crippen LogP contribution is 2.26. The molecule has 23 heavy (non-hydrogen) atoms. The molecule has 0 saturated carbocycles. The maximum Gasteiger partial charge on any atom is 0.185 e. The summed E-state index contributed by atoms with van der Waals surface area (Å²) in [5.74, 6) is 0. The number of thiazole rings is 1. The number of hydrogen-bond donors (Lipinski definition) is 0. The summed E-state index contributed by atoms with van der Waals surface area (Å²) in [7, 11) is 2.15. The Balaban J connectivity index is 1.40. The van der Waals surface area contributed by atoms with Gasteiger partial charge in [0.05, 0.1) is 11.7 Å². The molecule has 1 aliphatic rings. The number of benzene rings is 1. The Hall–Kier alpha value is -1.57. The van der Waals surface area contributed by atoms with Crippen LogP contribution in [0, 0.1) is 0 Å². The Labute approximate surface area is 143 Å². The number of anilines is 1. The van der Waals surface area contributed by atoms with Crippen molar-refractivity contribution in [3.8, 4) is 0 Å². The van der Waals surface area contributed by atoms with Gasteiger partial charge in [-0.1, -0.05) is 6.07 Å². The van der Waals surface area contributed by atoms with Gasteiger partial charge in [0.2, 0.25) is 0 Å². The van der Waals surface area contributed by atoms with Crippen LogP contribution < -0.4 is 4.90 Å². The molecular formula is C16H19N5S2. The zero-order valence-corrected chi connectivity index (χ0v) is 14.7. The molecule has 5 nitrogen and oxygen atoms in total. The van der Waals surface area contributed by atoms with Gasteiger partial charge in [-0.3, -0.25) is 4.90 Å².